The van der Waals surface area contributed by atoms with Crippen molar-refractivity contribution in [2.45, 2.75) is 0 Å². The summed E-state index contributed by atoms with van der Waals surface area (Å²) in [5, 5.41) is 3.23. The van der Waals surface area contributed by atoms with Gasteiger partial charge < -0.3 is 5.32 Å². The minimum absolute atomic E-state index is 0.214. The number of anilines is 1. The van der Waals surface area contributed by atoms with E-state index < -0.39 is 5.91 Å². The van der Waals surface area contributed by atoms with Crippen LogP contribution in [0.25, 0.3) is 6.08 Å². The second-order valence-corrected chi connectivity index (χ2v) is 6.68. The summed E-state index contributed by atoms with van der Waals surface area (Å²) in [6, 6.07) is 18.7. The lowest BCUT2D eigenvalue weighted by Gasteiger charge is -2.20. The van der Waals surface area contributed by atoms with Gasteiger partial charge in [0.2, 0.25) is 5.91 Å². The smallest absolute Gasteiger partial charge is 0.248 e. The maximum atomic E-state index is 12.9. The molecule has 5 heteroatoms. The molecule has 0 aliphatic heterocycles. The second-order valence-electron chi connectivity index (χ2n) is 6.28. The Labute approximate surface area is 166 Å². The molecule has 1 N–H and O–H groups in total. The Morgan fingerprint density at radius 3 is 2.18 bits per heavy atom. The van der Waals surface area contributed by atoms with Gasteiger partial charge in [-0.25, -0.2) is 0 Å². The summed E-state index contributed by atoms with van der Waals surface area (Å²) in [4.78, 5) is 38.1. The van der Waals surface area contributed by atoms with Gasteiger partial charge in [-0.05, 0) is 23.8 Å². The van der Waals surface area contributed by atoms with Gasteiger partial charge in [-0.2, -0.15) is 0 Å². The Morgan fingerprint density at radius 2 is 1.43 bits per heavy atom. The quantitative estimate of drug-likeness (QED) is 0.515. The molecule has 1 amide bonds. The predicted octanol–water partition coefficient (Wildman–Crippen LogP) is 4.77. The number of carbonyl (C=O) groups is 3. The molecule has 0 radical (unpaired) electrons. The van der Waals surface area contributed by atoms with Crippen LogP contribution in [0.15, 0.2) is 72.8 Å². The summed E-state index contributed by atoms with van der Waals surface area (Å²) < 4.78 is 0. The number of carbonyl (C=O) groups excluding carboxylic acids is 3. The van der Waals surface area contributed by atoms with Gasteiger partial charge >= 0.3 is 0 Å². The molecular formula is C23H14ClNO3. The fraction of sp³-hybridized carbons (Fsp3) is 0. The summed E-state index contributed by atoms with van der Waals surface area (Å²) in [7, 11) is 0. The number of rotatable bonds is 3. The van der Waals surface area contributed by atoms with Crippen molar-refractivity contribution in [1.82, 2.24) is 0 Å². The molecule has 4 rings (SSSR count). The van der Waals surface area contributed by atoms with Crippen molar-refractivity contribution in [3.05, 3.63) is 106 Å². The lowest BCUT2D eigenvalue weighted by atomic mass is 9.83. The van der Waals surface area contributed by atoms with Crippen LogP contribution in [0, 0.1) is 0 Å². The van der Waals surface area contributed by atoms with Crippen LogP contribution in [0.4, 0.5) is 5.69 Å². The lowest BCUT2D eigenvalue weighted by Crippen LogP contribution is -2.23. The molecule has 1 aliphatic carbocycles. The van der Waals surface area contributed by atoms with Gasteiger partial charge in [-0.1, -0.05) is 66.2 Å². The van der Waals surface area contributed by atoms with E-state index in [1.165, 1.54) is 6.08 Å². The first kappa shape index (κ1) is 17.9. The van der Waals surface area contributed by atoms with E-state index in [-0.39, 0.29) is 22.7 Å². The summed E-state index contributed by atoms with van der Waals surface area (Å²) in [6.07, 6.45) is 2.93. The number of hydrogen-bond donors (Lipinski definition) is 1. The molecule has 0 saturated heterocycles. The number of nitrogens with one attached hydrogen (secondary N) is 1. The Balaban J connectivity index is 1.66. The molecule has 1 aliphatic rings. The number of ketones is 2. The van der Waals surface area contributed by atoms with Crippen molar-refractivity contribution in [2.75, 3.05) is 5.32 Å². The highest BCUT2D eigenvalue weighted by atomic mass is 35.5. The standard InChI is InChI=1S/C23H14ClNO3/c24-18-10-4-1-6-14(18)12-13-20(26)25-19-11-5-9-17-21(19)23(28)16-8-3-2-7-15(16)22(17)27/h1-13H,(H,25,26)/b13-12+. The molecule has 0 saturated carbocycles. The van der Waals surface area contributed by atoms with Gasteiger partial charge in [0.15, 0.2) is 11.6 Å². The molecule has 0 aromatic heterocycles. The molecule has 0 fully saturated rings. The van der Waals surface area contributed by atoms with E-state index in [0.29, 0.717) is 27.4 Å². The number of benzene rings is 3. The Hall–Kier alpha value is -3.50. The molecule has 0 spiro atoms. The van der Waals surface area contributed by atoms with Gasteiger partial charge in [0.05, 0.1) is 11.3 Å². The van der Waals surface area contributed by atoms with Crippen LogP contribution < -0.4 is 5.32 Å². The van der Waals surface area contributed by atoms with Gasteiger partial charge in [0.1, 0.15) is 0 Å². The third kappa shape index (κ3) is 3.15. The Bertz CT molecular complexity index is 1160. The largest absolute Gasteiger partial charge is 0.322 e. The van der Waals surface area contributed by atoms with Crippen molar-refractivity contribution in [2.24, 2.45) is 0 Å². The second kappa shape index (κ2) is 7.25. The van der Waals surface area contributed by atoms with Crippen molar-refractivity contribution < 1.29 is 14.4 Å². The first-order valence-corrected chi connectivity index (χ1v) is 8.99. The zero-order valence-electron chi connectivity index (χ0n) is 14.6. The monoisotopic (exact) mass is 387 g/mol. The summed E-state index contributed by atoms with van der Waals surface area (Å²) in [6.45, 7) is 0. The zero-order chi connectivity index (χ0) is 19.7. The average molecular weight is 388 g/mol. The van der Waals surface area contributed by atoms with Gasteiger partial charge in [-0.15, -0.1) is 0 Å². The Morgan fingerprint density at radius 1 is 0.786 bits per heavy atom. The third-order valence-corrected chi connectivity index (χ3v) is 4.87. The summed E-state index contributed by atoms with van der Waals surface area (Å²) >= 11 is 6.08. The van der Waals surface area contributed by atoms with Crippen molar-refractivity contribution in [1.29, 1.82) is 0 Å². The molecule has 28 heavy (non-hydrogen) atoms. The van der Waals surface area contributed by atoms with Crippen molar-refractivity contribution >= 4 is 40.8 Å². The van der Waals surface area contributed by atoms with E-state index >= 15 is 0 Å². The van der Waals surface area contributed by atoms with Gasteiger partial charge in [0.25, 0.3) is 0 Å². The SMILES string of the molecule is O=C(/C=C/c1ccccc1Cl)Nc1cccc2c1C(=O)c1ccccc1C2=O. The van der Waals surface area contributed by atoms with Crippen LogP contribution >= 0.6 is 11.6 Å². The first-order chi connectivity index (χ1) is 13.6. The lowest BCUT2D eigenvalue weighted by molar-refractivity contribution is -0.111. The van der Waals surface area contributed by atoms with Crippen molar-refractivity contribution in [3.8, 4) is 0 Å². The van der Waals surface area contributed by atoms with Crippen LogP contribution in [0.5, 0.6) is 0 Å². The van der Waals surface area contributed by atoms with Crippen LogP contribution in [-0.4, -0.2) is 17.5 Å². The van der Waals surface area contributed by atoms with E-state index in [1.54, 1.807) is 66.7 Å². The van der Waals surface area contributed by atoms with E-state index in [0.717, 1.165) is 0 Å². The number of amides is 1. The van der Waals surface area contributed by atoms with E-state index in [4.69, 9.17) is 11.6 Å². The maximum absolute atomic E-state index is 12.9. The van der Waals surface area contributed by atoms with Crippen LogP contribution in [0.1, 0.15) is 37.4 Å². The number of halogens is 1. The van der Waals surface area contributed by atoms with Gasteiger partial charge in [-0.3, -0.25) is 14.4 Å². The molecular weight excluding hydrogens is 374 g/mol. The summed E-state index contributed by atoms with van der Waals surface area (Å²) in [5.74, 6) is -0.934. The Kier molecular flexibility index (Phi) is 4.63. The fourth-order valence-electron chi connectivity index (χ4n) is 3.20. The molecule has 3 aromatic rings. The predicted molar refractivity (Wildman–Crippen MR) is 109 cm³/mol. The molecule has 3 aromatic carbocycles. The third-order valence-electron chi connectivity index (χ3n) is 4.53. The highest BCUT2D eigenvalue weighted by Crippen LogP contribution is 2.32. The first-order valence-electron chi connectivity index (χ1n) is 8.61. The average Bonchev–Trinajstić information content (AvgIpc) is 2.71. The normalized spacial score (nSPS) is 12.6. The zero-order valence-corrected chi connectivity index (χ0v) is 15.4. The minimum Gasteiger partial charge on any atom is -0.322 e. The number of fused-ring (bicyclic) bond motifs is 2. The maximum Gasteiger partial charge on any atom is 0.248 e. The highest BCUT2D eigenvalue weighted by Gasteiger charge is 2.31. The highest BCUT2D eigenvalue weighted by molar-refractivity contribution is 6.32. The van der Waals surface area contributed by atoms with E-state index in [9.17, 15) is 14.4 Å². The van der Waals surface area contributed by atoms with Crippen LogP contribution in [0.2, 0.25) is 5.02 Å². The molecule has 0 unspecified atom stereocenters. The van der Waals surface area contributed by atoms with Crippen LogP contribution in [0.3, 0.4) is 0 Å². The fourth-order valence-corrected chi connectivity index (χ4v) is 3.40. The van der Waals surface area contributed by atoms with Crippen LogP contribution in [-0.2, 0) is 4.79 Å². The molecule has 136 valence electrons. The van der Waals surface area contributed by atoms with E-state index in [1.807, 2.05) is 6.07 Å². The summed E-state index contributed by atoms with van der Waals surface area (Å²) in [5.41, 5.74) is 2.23. The molecule has 0 heterocycles. The molecule has 0 bridgehead atoms. The van der Waals surface area contributed by atoms with Crippen molar-refractivity contribution in [3.63, 3.8) is 0 Å². The number of hydrogen-bond acceptors (Lipinski definition) is 3. The van der Waals surface area contributed by atoms with Gasteiger partial charge in [0, 0.05) is 27.8 Å². The topological polar surface area (TPSA) is 63.2 Å². The van der Waals surface area contributed by atoms with E-state index in [2.05, 4.69) is 5.32 Å². The molecule has 0 atom stereocenters. The minimum atomic E-state index is -0.424. The molecule has 4 nitrogen and oxygen atoms in total.